The van der Waals surface area contributed by atoms with Crippen LogP contribution in [0.5, 0.6) is 0 Å². The van der Waals surface area contributed by atoms with Crippen molar-refractivity contribution in [3.05, 3.63) is 120 Å². The van der Waals surface area contributed by atoms with Gasteiger partial charge in [0.05, 0.1) is 0 Å². The number of benzene rings is 4. The van der Waals surface area contributed by atoms with Crippen molar-refractivity contribution in [3.63, 3.8) is 0 Å². The molecule has 5 heteroatoms. The van der Waals surface area contributed by atoms with Crippen molar-refractivity contribution in [2.24, 2.45) is 0 Å². The second-order valence-electron chi connectivity index (χ2n) is 9.75. The Labute approximate surface area is 221 Å². The molecule has 6 rings (SSSR count). The first-order valence-corrected chi connectivity index (χ1v) is 12.8. The summed E-state index contributed by atoms with van der Waals surface area (Å²) in [7, 11) is 0. The van der Waals surface area contributed by atoms with Crippen molar-refractivity contribution in [1.29, 1.82) is 0 Å². The zero-order chi connectivity index (χ0) is 26.1. The predicted octanol–water partition coefficient (Wildman–Crippen LogP) is 6.93. The van der Waals surface area contributed by atoms with Crippen LogP contribution in [-0.4, -0.2) is 27.9 Å². The lowest BCUT2D eigenvalue weighted by molar-refractivity contribution is -0.146. The lowest BCUT2D eigenvalue weighted by Crippen LogP contribution is -2.37. The van der Waals surface area contributed by atoms with E-state index in [-0.39, 0.29) is 5.91 Å². The van der Waals surface area contributed by atoms with Gasteiger partial charge in [-0.1, -0.05) is 97.1 Å². The number of aliphatic carboxylic acids is 1. The van der Waals surface area contributed by atoms with Gasteiger partial charge < -0.3 is 14.4 Å². The number of para-hydroxylation sites is 1. The average molecular weight is 502 g/mol. The molecule has 0 spiro atoms. The van der Waals surface area contributed by atoms with Gasteiger partial charge in [0.25, 0.3) is 0 Å². The molecule has 0 saturated carbocycles. The lowest BCUT2D eigenvalue weighted by Gasteiger charge is -2.21. The van der Waals surface area contributed by atoms with Crippen LogP contribution >= 0.6 is 0 Å². The normalized spacial score (nSPS) is 15.3. The number of carboxylic acid groups (broad SMARTS) is 1. The van der Waals surface area contributed by atoms with Gasteiger partial charge in [0.2, 0.25) is 5.91 Å². The number of amides is 1. The van der Waals surface area contributed by atoms with Crippen molar-refractivity contribution < 1.29 is 19.1 Å². The van der Waals surface area contributed by atoms with E-state index in [0.717, 1.165) is 51.0 Å². The van der Waals surface area contributed by atoms with E-state index in [0.29, 0.717) is 19.4 Å². The highest BCUT2D eigenvalue weighted by molar-refractivity contribution is 5.96. The summed E-state index contributed by atoms with van der Waals surface area (Å²) in [6, 6.07) is 34.2. The van der Waals surface area contributed by atoms with Gasteiger partial charge in [0.1, 0.15) is 17.4 Å². The number of rotatable bonds is 7. The van der Waals surface area contributed by atoms with Crippen LogP contribution in [0.1, 0.15) is 29.7 Å². The number of likely N-dealkylation sites (tertiary alicyclic amines) is 1. The van der Waals surface area contributed by atoms with E-state index >= 15 is 0 Å². The summed E-state index contributed by atoms with van der Waals surface area (Å²) in [6.45, 7) is 0.312. The molecule has 38 heavy (non-hydrogen) atoms. The second-order valence-corrected chi connectivity index (χ2v) is 9.75. The van der Waals surface area contributed by atoms with Gasteiger partial charge in [-0.25, -0.2) is 4.79 Å². The Hall–Kier alpha value is -4.64. The molecule has 0 bridgehead atoms. The highest BCUT2D eigenvalue weighted by Gasteiger charge is 2.35. The number of nitrogens with zero attached hydrogens (tertiary/aromatic N) is 1. The van der Waals surface area contributed by atoms with Crippen LogP contribution in [0, 0.1) is 0 Å². The van der Waals surface area contributed by atoms with E-state index in [9.17, 15) is 14.7 Å². The fourth-order valence-electron chi connectivity index (χ4n) is 5.34. The first-order chi connectivity index (χ1) is 18.6. The van der Waals surface area contributed by atoms with Crippen molar-refractivity contribution in [3.8, 4) is 22.3 Å². The zero-order valence-corrected chi connectivity index (χ0v) is 20.8. The van der Waals surface area contributed by atoms with Crippen molar-refractivity contribution >= 4 is 22.8 Å². The number of furan rings is 1. The van der Waals surface area contributed by atoms with E-state index in [4.69, 9.17) is 4.42 Å². The Balaban J connectivity index is 1.26. The van der Waals surface area contributed by atoms with E-state index < -0.39 is 12.0 Å². The first-order valence-electron chi connectivity index (χ1n) is 12.8. The predicted molar refractivity (Wildman–Crippen MR) is 148 cm³/mol. The standard InChI is InChI=1S/C33H27NO4/c35-31-19-18-28(33(36)37)34(31)21-23-10-12-24(13-11-23)25-14-16-26(17-15-25)32-27-8-4-5-9-29(27)38-30(32)20-22-6-2-1-3-7-22/h1-17,28H,18-21H2,(H,36,37)/t28-/m0/s1. The fraction of sp³-hybridized carbons (Fsp3) is 0.152. The van der Waals surface area contributed by atoms with E-state index in [1.54, 1.807) is 0 Å². The highest BCUT2D eigenvalue weighted by atomic mass is 16.4. The Kier molecular flexibility index (Phi) is 6.26. The minimum atomic E-state index is -0.940. The fourth-order valence-corrected chi connectivity index (χ4v) is 5.34. The van der Waals surface area contributed by atoms with Crippen molar-refractivity contribution in [2.45, 2.75) is 31.8 Å². The number of carbonyl (C=O) groups excluding carboxylic acids is 1. The molecule has 1 aliphatic rings. The van der Waals surface area contributed by atoms with Crippen LogP contribution in [0.15, 0.2) is 108 Å². The topological polar surface area (TPSA) is 70.8 Å². The first kappa shape index (κ1) is 23.7. The monoisotopic (exact) mass is 501 g/mol. The Morgan fingerprint density at radius 2 is 1.42 bits per heavy atom. The molecule has 1 amide bonds. The minimum absolute atomic E-state index is 0.101. The maximum atomic E-state index is 12.2. The largest absolute Gasteiger partial charge is 0.480 e. The maximum absolute atomic E-state index is 12.2. The molecule has 188 valence electrons. The van der Waals surface area contributed by atoms with Gasteiger partial charge in [-0.3, -0.25) is 4.79 Å². The van der Waals surface area contributed by atoms with Crippen LogP contribution in [0.25, 0.3) is 33.2 Å². The van der Waals surface area contributed by atoms with E-state index in [2.05, 4.69) is 42.5 Å². The number of hydrogen-bond donors (Lipinski definition) is 1. The molecule has 1 aliphatic heterocycles. The summed E-state index contributed by atoms with van der Waals surface area (Å²) in [4.78, 5) is 25.1. The zero-order valence-electron chi connectivity index (χ0n) is 20.8. The van der Waals surface area contributed by atoms with Crippen LogP contribution in [0.4, 0.5) is 0 Å². The van der Waals surface area contributed by atoms with E-state index in [1.807, 2.05) is 60.7 Å². The van der Waals surface area contributed by atoms with Gasteiger partial charge in [-0.05, 0) is 40.3 Å². The van der Waals surface area contributed by atoms with Crippen molar-refractivity contribution in [1.82, 2.24) is 4.90 Å². The Morgan fingerprint density at radius 1 is 0.789 bits per heavy atom. The van der Waals surface area contributed by atoms with Gasteiger partial charge >= 0.3 is 5.97 Å². The molecule has 5 aromatic rings. The molecule has 0 unspecified atom stereocenters. The number of carboxylic acids is 1. The van der Waals surface area contributed by atoms with Gasteiger partial charge in [0.15, 0.2) is 0 Å². The molecule has 4 aromatic carbocycles. The third-order valence-electron chi connectivity index (χ3n) is 7.30. The third-order valence-corrected chi connectivity index (χ3v) is 7.30. The highest BCUT2D eigenvalue weighted by Crippen LogP contribution is 2.37. The maximum Gasteiger partial charge on any atom is 0.326 e. The third kappa shape index (κ3) is 4.59. The molecule has 1 aromatic heterocycles. The van der Waals surface area contributed by atoms with Crippen LogP contribution in [0.3, 0.4) is 0 Å². The van der Waals surface area contributed by atoms with Crippen molar-refractivity contribution in [2.75, 3.05) is 0 Å². The molecule has 5 nitrogen and oxygen atoms in total. The second kappa shape index (κ2) is 10.0. The molecule has 2 heterocycles. The quantitative estimate of drug-likeness (QED) is 0.262. The Bertz CT molecular complexity index is 1600. The van der Waals surface area contributed by atoms with Gasteiger partial charge in [-0.2, -0.15) is 0 Å². The Morgan fingerprint density at radius 3 is 2.13 bits per heavy atom. The van der Waals surface area contributed by atoms with Crippen LogP contribution in [-0.2, 0) is 22.6 Å². The SMILES string of the molecule is O=C(O)[C@@H]1CCC(=O)N1Cc1ccc(-c2ccc(-c3c(Cc4ccccc4)oc4ccccc34)cc2)cc1. The summed E-state index contributed by atoms with van der Waals surface area (Å²) in [5, 5.41) is 10.5. The number of fused-ring (bicyclic) bond motifs is 1. The molecule has 0 aliphatic carbocycles. The summed E-state index contributed by atoms with van der Waals surface area (Å²) in [6.07, 6.45) is 1.38. The lowest BCUT2D eigenvalue weighted by atomic mass is 9.96. The molecule has 1 N–H and O–H groups in total. The summed E-state index contributed by atoms with van der Waals surface area (Å²) in [5.74, 6) is -0.0917. The van der Waals surface area contributed by atoms with Gasteiger partial charge in [-0.15, -0.1) is 0 Å². The average Bonchev–Trinajstić information content (AvgIpc) is 3.49. The summed E-state index contributed by atoms with van der Waals surface area (Å²) < 4.78 is 6.31. The number of hydrogen-bond acceptors (Lipinski definition) is 3. The molecule has 1 saturated heterocycles. The summed E-state index contributed by atoms with van der Waals surface area (Å²) >= 11 is 0. The van der Waals surface area contributed by atoms with Crippen LogP contribution < -0.4 is 0 Å². The summed E-state index contributed by atoms with van der Waals surface area (Å²) in [5.41, 5.74) is 7.37. The molecule has 1 fully saturated rings. The number of carbonyl (C=O) groups is 2. The van der Waals surface area contributed by atoms with E-state index in [1.165, 1.54) is 10.5 Å². The van der Waals surface area contributed by atoms with Gasteiger partial charge in [0, 0.05) is 30.3 Å². The minimum Gasteiger partial charge on any atom is -0.480 e. The smallest absolute Gasteiger partial charge is 0.326 e. The molecular formula is C33H27NO4. The molecular weight excluding hydrogens is 474 g/mol. The van der Waals surface area contributed by atoms with Crippen LogP contribution in [0.2, 0.25) is 0 Å². The molecule has 0 radical (unpaired) electrons. The molecule has 1 atom stereocenters.